The molecule has 0 amide bonds. The van der Waals surface area contributed by atoms with E-state index in [0.29, 0.717) is 0 Å². The van der Waals surface area contributed by atoms with Crippen LogP contribution in [0.4, 0.5) is 0 Å². The Labute approximate surface area is 130 Å². The van der Waals surface area contributed by atoms with Crippen LogP contribution in [0, 0.1) is 11.3 Å². The maximum absolute atomic E-state index is 9.41. The molecule has 1 fully saturated rings. The SMILES string of the molecule is N#CC(=C1CCCC1)c1nc(-c2ccc(Br)cc2)cs1. The summed E-state index contributed by atoms with van der Waals surface area (Å²) in [5.74, 6) is 0. The summed E-state index contributed by atoms with van der Waals surface area (Å²) in [6, 6.07) is 10.5. The van der Waals surface area contributed by atoms with Crippen molar-refractivity contribution in [2.24, 2.45) is 0 Å². The van der Waals surface area contributed by atoms with Crippen LogP contribution in [0.3, 0.4) is 0 Å². The van der Waals surface area contributed by atoms with Gasteiger partial charge in [-0.1, -0.05) is 28.1 Å². The first-order valence-electron chi connectivity index (χ1n) is 6.62. The smallest absolute Gasteiger partial charge is 0.134 e. The first-order chi connectivity index (χ1) is 9.78. The summed E-state index contributed by atoms with van der Waals surface area (Å²) in [7, 11) is 0. The van der Waals surface area contributed by atoms with Gasteiger partial charge in [-0.3, -0.25) is 0 Å². The van der Waals surface area contributed by atoms with Gasteiger partial charge in [0.05, 0.1) is 11.3 Å². The summed E-state index contributed by atoms with van der Waals surface area (Å²) in [6.07, 6.45) is 4.50. The minimum absolute atomic E-state index is 0.802. The maximum atomic E-state index is 9.41. The first-order valence-corrected chi connectivity index (χ1v) is 8.29. The van der Waals surface area contributed by atoms with E-state index in [1.165, 1.54) is 18.4 Å². The number of hydrogen-bond acceptors (Lipinski definition) is 3. The first kappa shape index (κ1) is 13.5. The second-order valence-electron chi connectivity index (χ2n) is 4.84. The molecule has 1 heterocycles. The van der Waals surface area contributed by atoms with E-state index in [-0.39, 0.29) is 0 Å². The molecule has 0 atom stereocenters. The highest BCUT2D eigenvalue weighted by atomic mass is 79.9. The Hall–Kier alpha value is -1.44. The molecule has 2 nitrogen and oxygen atoms in total. The molecule has 0 radical (unpaired) electrons. The van der Waals surface area contributed by atoms with Crippen molar-refractivity contribution in [1.29, 1.82) is 5.26 Å². The van der Waals surface area contributed by atoms with E-state index in [1.54, 1.807) is 11.3 Å². The largest absolute Gasteiger partial charge is 0.235 e. The van der Waals surface area contributed by atoms with Crippen molar-refractivity contribution >= 4 is 32.8 Å². The summed E-state index contributed by atoms with van der Waals surface area (Å²) in [5, 5.41) is 12.3. The predicted molar refractivity (Wildman–Crippen MR) is 86.3 cm³/mol. The second kappa shape index (κ2) is 5.90. The zero-order valence-electron chi connectivity index (χ0n) is 10.9. The Morgan fingerprint density at radius 1 is 1.20 bits per heavy atom. The molecule has 1 saturated carbocycles. The monoisotopic (exact) mass is 344 g/mol. The van der Waals surface area contributed by atoms with Gasteiger partial charge in [0.15, 0.2) is 0 Å². The Morgan fingerprint density at radius 2 is 1.90 bits per heavy atom. The van der Waals surface area contributed by atoms with E-state index in [2.05, 4.69) is 27.0 Å². The molecule has 0 unspecified atom stereocenters. The fraction of sp³-hybridized carbons (Fsp3) is 0.250. The third kappa shape index (κ3) is 2.70. The Balaban J connectivity index is 1.96. The normalized spacial score (nSPS) is 14.3. The van der Waals surface area contributed by atoms with E-state index in [1.807, 2.05) is 29.6 Å². The molecule has 100 valence electrons. The summed E-state index contributed by atoms with van der Waals surface area (Å²) >= 11 is 5.00. The average Bonchev–Trinajstić information content (AvgIpc) is 3.12. The van der Waals surface area contributed by atoms with Crippen LogP contribution in [-0.4, -0.2) is 4.98 Å². The van der Waals surface area contributed by atoms with Crippen molar-refractivity contribution in [3.63, 3.8) is 0 Å². The molecule has 1 aliphatic carbocycles. The van der Waals surface area contributed by atoms with Crippen molar-refractivity contribution in [1.82, 2.24) is 4.98 Å². The number of rotatable bonds is 2. The maximum Gasteiger partial charge on any atom is 0.134 e. The van der Waals surface area contributed by atoms with E-state index < -0.39 is 0 Å². The molecule has 2 aromatic rings. The molecule has 1 aromatic carbocycles. The number of hydrogen-bond donors (Lipinski definition) is 0. The highest BCUT2D eigenvalue weighted by Crippen LogP contribution is 2.34. The zero-order chi connectivity index (χ0) is 13.9. The Morgan fingerprint density at radius 3 is 2.55 bits per heavy atom. The van der Waals surface area contributed by atoms with Crippen LogP contribution in [0.2, 0.25) is 0 Å². The van der Waals surface area contributed by atoms with Crippen LogP contribution in [0.5, 0.6) is 0 Å². The van der Waals surface area contributed by atoms with Gasteiger partial charge in [-0.25, -0.2) is 4.98 Å². The van der Waals surface area contributed by atoms with Crippen LogP contribution in [0.25, 0.3) is 16.8 Å². The topological polar surface area (TPSA) is 36.7 Å². The van der Waals surface area contributed by atoms with Crippen molar-refractivity contribution in [2.45, 2.75) is 25.7 Å². The van der Waals surface area contributed by atoms with Gasteiger partial charge in [0.25, 0.3) is 0 Å². The highest BCUT2D eigenvalue weighted by molar-refractivity contribution is 9.10. The number of thiazole rings is 1. The van der Waals surface area contributed by atoms with Gasteiger partial charge in [0.1, 0.15) is 11.1 Å². The van der Waals surface area contributed by atoms with Gasteiger partial charge >= 0.3 is 0 Å². The lowest BCUT2D eigenvalue weighted by molar-refractivity contribution is 0.886. The molecule has 1 aliphatic rings. The van der Waals surface area contributed by atoms with Gasteiger partial charge in [-0.05, 0) is 43.4 Å². The van der Waals surface area contributed by atoms with Crippen molar-refractivity contribution in [2.75, 3.05) is 0 Å². The number of halogens is 1. The van der Waals surface area contributed by atoms with Crippen LogP contribution >= 0.6 is 27.3 Å². The van der Waals surface area contributed by atoms with E-state index in [9.17, 15) is 5.26 Å². The van der Waals surface area contributed by atoms with Gasteiger partial charge in [0, 0.05) is 15.4 Å². The van der Waals surface area contributed by atoms with Crippen LogP contribution in [0.15, 0.2) is 39.7 Å². The van der Waals surface area contributed by atoms with Gasteiger partial charge < -0.3 is 0 Å². The molecular weight excluding hydrogens is 332 g/mol. The van der Waals surface area contributed by atoms with Gasteiger partial charge in [0.2, 0.25) is 0 Å². The molecule has 4 heteroatoms. The number of benzene rings is 1. The van der Waals surface area contributed by atoms with E-state index in [4.69, 9.17) is 0 Å². The van der Waals surface area contributed by atoms with Crippen molar-refractivity contribution in [3.8, 4) is 17.3 Å². The minimum Gasteiger partial charge on any atom is -0.235 e. The summed E-state index contributed by atoms with van der Waals surface area (Å²) < 4.78 is 1.06. The van der Waals surface area contributed by atoms with Crippen molar-refractivity contribution < 1.29 is 0 Å². The lowest BCUT2D eigenvalue weighted by atomic mass is 10.1. The quantitative estimate of drug-likeness (QED) is 0.681. The van der Waals surface area contributed by atoms with Crippen LogP contribution in [0.1, 0.15) is 30.7 Å². The highest BCUT2D eigenvalue weighted by Gasteiger charge is 2.17. The second-order valence-corrected chi connectivity index (χ2v) is 6.62. The standard InChI is InChI=1S/C16H13BrN2S/c17-13-7-5-12(6-8-13)15-10-20-16(19-15)14(9-18)11-3-1-2-4-11/h5-8,10H,1-4H2. The molecular formula is C16H13BrN2S. The molecule has 20 heavy (non-hydrogen) atoms. The molecule has 0 saturated heterocycles. The molecule has 0 spiro atoms. The molecule has 0 N–H and O–H groups in total. The fourth-order valence-electron chi connectivity index (χ4n) is 2.47. The number of allylic oxidation sites excluding steroid dienone is 2. The lowest BCUT2D eigenvalue weighted by Gasteiger charge is -1.99. The third-order valence-electron chi connectivity index (χ3n) is 3.53. The van der Waals surface area contributed by atoms with Gasteiger partial charge in [-0.2, -0.15) is 5.26 Å². The zero-order valence-corrected chi connectivity index (χ0v) is 13.3. The number of nitrogens with zero attached hydrogens (tertiary/aromatic N) is 2. The fourth-order valence-corrected chi connectivity index (χ4v) is 3.61. The molecule has 1 aromatic heterocycles. The third-order valence-corrected chi connectivity index (χ3v) is 4.92. The van der Waals surface area contributed by atoms with Crippen LogP contribution < -0.4 is 0 Å². The number of nitriles is 1. The molecule has 0 bridgehead atoms. The Bertz CT molecular complexity index is 684. The van der Waals surface area contributed by atoms with Crippen molar-refractivity contribution in [3.05, 3.63) is 44.7 Å². The lowest BCUT2D eigenvalue weighted by Crippen LogP contribution is -1.86. The van der Waals surface area contributed by atoms with E-state index in [0.717, 1.165) is 39.2 Å². The van der Waals surface area contributed by atoms with Crippen LogP contribution in [-0.2, 0) is 0 Å². The number of aromatic nitrogens is 1. The molecule has 0 aliphatic heterocycles. The van der Waals surface area contributed by atoms with E-state index >= 15 is 0 Å². The average molecular weight is 345 g/mol. The minimum atomic E-state index is 0.802. The summed E-state index contributed by atoms with van der Waals surface area (Å²) in [6.45, 7) is 0. The van der Waals surface area contributed by atoms with Gasteiger partial charge in [-0.15, -0.1) is 11.3 Å². The Kier molecular flexibility index (Phi) is 4.00. The predicted octanol–water partition coefficient (Wildman–Crippen LogP) is 5.42. The summed E-state index contributed by atoms with van der Waals surface area (Å²) in [4.78, 5) is 4.65. The molecule has 3 rings (SSSR count). The summed E-state index contributed by atoms with van der Waals surface area (Å²) in [5.41, 5.74) is 4.12.